The number of fused-ring (bicyclic) bond motifs is 1. The van der Waals surface area contributed by atoms with Crippen molar-refractivity contribution in [1.29, 1.82) is 0 Å². The average molecular weight is 268 g/mol. The Morgan fingerprint density at radius 2 is 1.50 bits per heavy atom. The number of hydrogen-bond acceptors (Lipinski definition) is 2. The van der Waals surface area contributed by atoms with E-state index in [9.17, 15) is 0 Å². The van der Waals surface area contributed by atoms with Gasteiger partial charge in [0.2, 0.25) is 0 Å². The number of benzene rings is 1. The van der Waals surface area contributed by atoms with E-state index >= 15 is 0 Å². The lowest BCUT2D eigenvalue weighted by Gasteiger charge is -2.56. The quantitative estimate of drug-likeness (QED) is 0.791. The van der Waals surface area contributed by atoms with Crippen molar-refractivity contribution in [2.45, 2.75) is 51.2 Å². The monoisotopic (exact) mass is 268 g/mol. The number of nitrogens with zero attached hydrogens (tertiary/aromatic N) is 1. The number of hydrogen-bond donors (Lipinski definition) is 1. The highest BCUT2D eigenvalue weighted by molar-refractivity contribution is 5.46. The molecule has 4 bridgehead atoms. The molecule has 5 aliphatic rings. The highest BCUT2D eigenvalue weighted by Crippen LogP contribution is 2.55. The highest BCUT2D eigenvalue weighted by Gasteiger charge is 2.50. The summed E-state index contributed by atoms with van der Waals surface area (Å²) in [5, 5.41) is 0. The zero-order chi connectivity index (χ0) is 13.3. The van der Waals surface area contributed by atoms with Gasteiger partial charge in [-0.2, -0.15) is 0 Å². The summed E-state index contributed by atoms with van der Waals surface area (Å²) in [7, 11) is 0. The maximum atomic E-state index is 5.95. The molecule has 6 rings (SSSR count). The molecular weight excluding hydrogens is 244 g/mol. The Bertz CT molecular complexity index is 522. The molecule has 4 saturated carbocycles. The minimum atomic E-state index is 0.872. The molecule has 2 heteroatoms. The van der Waals surface area contributed by atoms with Gasteiger partial charge in [0.25, 0.3) is 0 Å². The molecule has 0 aromatic heterocycles. The number of nitrogen functional groups attached to an aromatic ring is 1. The van der Waals surface area contributed by atoms with Crippen molar-refractivity contribution in [1.82, 2.24) is 4.90 Å². The van der Waals surface area contributed by atoms with Gasteiger partial charge < -0.3 is 5.73 Å². The largest absolute Gasteiger partial charge is 0.399 e. The van der Waals surface area contributed by atoms with Gasteiger partial charge in [0.1, 0.15) is 0 Å². The fourth-order valence-corrected chi connectivity index (χ4v) is 6.14. The normalized spacial score (nSPS) is 42.1. The Kier molecular flexibility index (Phi) is 2.33. The fraction of sp³-hybridized carbons (Fsp3) is 0.667. The fourth-order valence-electron chi connectivity index (χ4n) is 6.14. The van der Waals surface area contributed by atoms with Gasteiger partial charge in [0.05, 0.1) is 0 Å². The zero-order valence-corrected chi connectivity index (χ0v) is 12.1. The van der Waals surface area contributed by atoms with E-state index in [-0.39, 0.29) is 0 Å². The molecule has 1 aromatic carbocycles. The van der Waals surface area contributed by atoms with Gasteiger partial charge in [-0.3, -0.25) is 4.90 Å². The first-order valence-corrected chi connectivity index (χ1v) is 8.37. The van der Waals surface area contributed by atoms with E-state index in [1.807, 2.05) is 0 Å². The van der Waals surface area contributed by atoms with Gasteiger partial charge in [-0.15, -0.1) is 0 Å². The van der Waals surface area contributed by atoms with Crippen LogP contribution in [0, 0.1) is 23.7 Å². The lowest BCUT2D eigenvalue weighted by Crippen LogP contribution is -2.54. The van der Waals surface area contributed by atoms with E-state index in [0.717, 1.165) is 41.9 Å². The third-order valence-electron chi connectivity index (χ3n) is 6.58. The van der Waals surface area contributed by atoms with Crippen LogP contribution in [0.2, 0.25) is 0 Å². The van der Waals surface area contributed by atoms with Gasteiger partial charge in [0, 0.05) is 24.8 Å². The first-order chi connectivity index (χ1) is 9.76. The van der Waals surface area contributed by atoms with E-state index in [0.29, 0.717) is 0 Å². The van der Waals surface area contributed by atoms with Crippen molar-refractivity contribution in [3.8, 4) is 0 Å². The molecule has 0 atom stereocenters. The first-order valence-electron chi connectivity index (χ1n) is 8.37. The van der Waals surface area contributed by atoms with E-state index in [1.165, 1.54) is 43.4 Å². The van der Waals surface area contributed by atoms with Crippen LogP contribution < -0.4 is 5.73 Å². The van der Waals surface area contributed by atoms with Crippen LogP contribution in [0.1, 0.15) is 43.2 Å². The van der Waals surface area contributed by atoms with Gasteiger partial charge >= 0.3 is 0 Å². The van der Waals surface area contributed by atoms with Crippen LogP contribution in [0.15, 0.2) is 18.2 Å². The van der Waals surface area contributed by atoms with Crippen molar-refractivity contribution in [2.24, 2.45) is 23.7 Å². The molecule has 2 N–H and O–H groups in total. The van der Waals surface area contributed by atoms with Crippen LogP contribution in [0.3, 0.4) is 0 Å². The smallest absolute Gasteiger partial charge is 0.0317 e. The predicted molar refractivity (Wildman–Crippen MR) is 80.9 cm³/mol. The molecule has 4 fully saturated rings. The van der Waals surface area contributed by atoms with E-state index in [4.69, 9.17) is 5.73 Å². The van der Waals surface area contributed by atoms with Crippen molar-refractivity contribution in [3.63, 3.8) is 0 Å². The van der Waals surface area contributed by atoms with Gasteiger partial charge in [0.15, 0.2) is 0 Å². The Morgan fingerprint density at radius 3 is 2.20 bits per heavy atom. The number of anilines is 1. The molecule has 0 unspecified atom stereocenters. The first kappa shape index (κ1) is 11.6. The summed E-state index contributed by atoms with van der Waals surface area (Å²) in [6.07, 6.45) is 7.63. The summed E-state index contributed by atoms with van der Waals surface area (Å²) in [6, 6.07) is 7.39. The molecule has 0 saturated heterocycles. The lowest BCUT2D eigenvalue weighted by molar-refractivity contribution is -0.0673. The van der Waals surface area contributed by atoms with Crippen LogP contribution in [0.4, 0.5) is 5.69 Å². The van der Waals surface area contributed by atoms with E-state index in [2.05, 4.69) is 23.1 Å². The molecule has 0 spiro atoms. The molecule has 0 radical (unpaired) electrons. The molecule has 1 heterocycles. The molecule has 20 heavy (non-hydrogen) atoms. The van der Waals surface area contributed by atoms with Gasteiger partial charge in [-0.25, -0.2) is 0 Å². The number of rotatable bonds is 1. The molecule has 0 amide bonds. The van der Waals surface area contributed by atoms with Crippen LogP contribution >= 0.6 is 0 Å². The molecular formula is C18H24N2. The summed E-state index contributed by atoms with van der Waals surface area (Å²) in [6.45, 7) is 2.32. The minimum Gasteiger partial charge on any atom is -0.399 e. The van der Waals surface area contributed by atoms with E-state index in [1.54, 1.807) is 6.42 Å². The summed E-state index contributed by atoms with van der Waals surface area (Å²) >= 11 is 0. The Hall–Kier alpha value is -1.02. The number of nitrogens with two attached hydrogens (primary N) is 1. The summed E-state index contributed by atoms with van der Waals surface area (Å²) < 4.78 is 0. The summed E-state index contributed by atoms with van der Waals surface area (Å²) in [4.78, 5) is 2.79. The van der Waals surface area contributed by atoms with Gasteiger partial charge in [-0.05, 0) is 79.0 Å². The van der Waals surface area contributed by atoms with Crippen LogP contribution in [0.5, 0.6) is 0 Å². The van der Waals surface area contributed by atoms with Crippen LogP contribution in [-0.2, 0) is 13.1 Å². The summed E-state index contributed by atoms with van der Waals surface area (Å²) in [5.41, 5.74) is 9.89. The molecule has 1 aromatic rings. The second-order valence-corrected chi connectivity index (χ2v) is 7.85. The zero-order valence-electron chi connectivity index (χ0n) is 12.1. The van der Waals surface area contributed by atoms with Crippen LogP contribution in [-0.4, -0.2) is 10.9 Å². The lowest BCUT2D eigenvalue weighted by atomic mass is 9.54. The predicted octanol–water partition coefficient (Wildman–Crippen LogP) is 3.41. The second kappa shape index (κ2) is 4.00. The topological polar surface area (TPSA) is 29.3 Å². The Balaban J connectivity index is 1.42. The standard InChI is InChI=1S/C18H24N2/c19-17-2-1-13-9-20(10-16(13)8-17)18-14-4-11-3-12(6-14)7-15(18)5-11/h1-2,8,11-12,14-15,18H,3-7,9-10,19H2. The van der Waals surface area contributed by atoms with Crippen molar-refractivity contribution >= 4 is 5.69 Å². The maximum Gasteiger partial charge on any atom is 0.0317 e. The van der Waals surface area contributed by atoms with E-state index < -0.39 is 0 Å². The van der Waals surface area contributed by atoms with Crippen molar-refractivity contribution < 1.29 is 0 Å². The minimum absolute atomic E-state index is 0.872. The maximum absolute atomic E-state index is 5.95. The molecule has 4 aliphatic carbocycles. The van der Waals surface area contributed by atoms with Crippen molar-refractivity contribution in [3.05, 3.63) is 29.3 Å². The third-order valence-corrected chi connectivity index (χ3v) is 6.58. The Labute approximate surface area is 121 Å². The average Bonchev–Trinajstić information content (AvgIpc) is 2.79. The molecule has 2 nitrogen and oxygen atoms in total. The second-order valence-electron chi connectivity index (χ2n) is 7.85. The van der Waals surface area contributed by atoms with Crippen molar-refractivity contribution in [2.75, 3.05) is 5.73 Å². The van der Waals surface area contributed by atoms with Gasteiger partial charge in [-0.1, -0.05) is 6.07 Å². The molecule has 106 valence electrons. The third kappa shape index (κ3) is 1.60. The molecule has 1 aliphatic heterocycles. The Morgan fingerprint density at radius 1 is 0.850 bits per heavy atom. The highest BCUT2D eigenvalue weighted by atomic mass is 15.2. The SMILES string of the molecule is Nc1ccc2c(c1)CN(C1C3CC4CC(C3)CC1C4)C2. The summed E-state index contributed by atoms with van der Waals surface area (Å²) in [5.74, 6) is 4.15. The van der Waals surface area contributed by atoms with Crippen LogP contribution in [0.25, 0.3) is 0 Å².